The first-order chi connectivity index (χ1) is 17.3. The van der Waals surface area contributed by atoms with E-state index < -0.39 is 5.91 Å². The largest absolute Gasteiger partial charge is 0.485 e. The van der Waals surface area contributed by atoms with Gasteiger partial charge in [-0.2, -0.15) is 10.4 Å². The molecule has 9 heteroatoms. The number of nitriles is 1. The Bertz CT molecular complexity index is 1090. The molecular weight excluding hydrogens is 456 g/mol. The van der Waals surface area contributed by atoms with Crippen molar-refractivity contribution < 1.29 is 14.3 Å². The normalized spacial score (nSPS) is 22.8. The van der Waals surface area contributed by atoms with Crippen LogP contribution < -0.4 is 15.8 Å². The maximum absolute atomic E-state index is 11.3. The van der Waals surface area contributed by atoms with Crippen LogP contribution in [0, 0.1) is 30.1 Å². The van der Waals surface area contributed by atoms with Gasteiger partial charge in [0.2, 0.25) is 5.91 Å². The third-order valence-corrected chi connectivity index (χ3v) is 7.27. The third-order valence-electron chi connectivity index (χ3n) is 7.27. The SMILES string of the molecule is Cc1ccc(OC2(C)CN(C3CCC(CC#N)CC3)C2)cc1.NC(=O)c1cn[nH]c1NC(=O)C1CC1. The molecule has 1 aromatic carbocycles. The molecule has 0 atom stereocenters. The molecule has 36 heavy (non-hydrogen) atoms. The van der Waals surface area contributed by atoms with E-state index in [1.165, 1.54) is 37.4 Å². The molecule has 1 aliphatic heterocycles. The number of benzene rings is 1. The van der Waals surface area contributed by atoms with Crippen LogP contribution in [-0.2, 0) is 4.79 Å². The first-order valence-electron chi connectivity index (χ1n) is 12.8. The minimum atomic E-state index is -0.607. The average molecular weight is 493 g/mol. The standard InChI is InChI=1S/C19H26N2O.C8H10N4O2/c1-15-3-9-18(10-4-15)22-19(2)13-21(14-19)17-7-5-16(6-8-17)11-12-20;9-6(13)5-3-10-12-7(5)11-8(14)4-1-2-4/h3-4,9-10,16-17H,5-8,11,13-14H2,1-2H3;3-4H,1-2H2,(H2,9,13)(H2,10,11,12,14). The molecule has 0 unspecified atom stereocenters. The number of aromatic nitrogens is 2. The summed E-state index contributed by atoms with van der Waals surface area (Å²) >= 11 is 0. The van der Waals surface area contributed by atoms with Crippen molar-refractivity contribution in [1.82, 2.24) is 15.1 Å². The van der Waals surface area contributed by atoms with Crippen LogP contribution >= 0.6 is 0 Å². The Labute approximate surface area is 212 Å². The predicted octanol–water partition coefficient (Wildman–Crippen LogP) is 3.78. The molecule has 4 N–H and O–H groups in total. The number of carbonyl (C=O) groups is 2. The summed E-state index contributed by atoms with van der Waals surface area (Å²) in [5.74, 6) is 1.29. The van der Waals surface area contributed by atoms with E-state index in [4.69, 9.17) is 15.7 Å². The van der Waals surface area contributed by atoms with Gasteiger partial charge in [0.15, 0.2) is 0 Å². The second kappa shape index (κ2) is 11.1. The fourth-order valence-corrected chi connectivity index (χ4v) is 5.01. The summed E-state index contributed by atoms with van der Waals surface area (Å²) in [6.45, 7) is 6.35. The molecule has 3 fully saturated rings. The number of rotatable bonds is 7. The lowest BCUT2D eigenvalue weighted by Gasteiger charge is -2.52. The third kappa shape index (κ3) is 6.64. The highest BCUT2D eigenvalue weighted by Gasteiger charge is 2.44. The van der Waals surface area contributed by atoms with Gasteiger partial charge in [-0.05, 0) is 70.4 Å². The highest BCUT2D eigenvalue weighted by Crippen LogP contribution is 2.36. The molecule has 192 valence electrons. The van der Waals surface area contributed by atoms with E-state index in [-0.39, 0.29) is 28.8 Å². The van der Waals surface area contributed by atoms with Crippen molar-refractivity contribution in [3.63, 3.8) is 0 Å². The van der Waals surface area contributed by atoms with E-state index >= 15 is 0 Å². The van der Waals surface area contributed by atoms with E-state index in [0.29, 0.717) is 12.0 Å². The number of amides is 2. The number of primary amides is 1. The lowest BCUT2D eigenvalue weighted by Crippen LogP contribution is -2.66. The number of nitrogens with zero attached hydrogens (tertiary/aromatic N) is 3. The maximum Gasteiger partial charge on any atom is 0.254 e. The highest BCUT2D eigenvalue weighted by atomic mass is 16.5. The number of aromatic amines is 1. The quantitative estimate of drug-likeness (QED) is 0.538. The van der Waals surface area contributed by atoms with Crippen LogP contribution in [0.4, 0.5) is 5.82 Å². The zero-order valence-corrected chi connectivity index (χ0v) is 21.1. The van der Waals surface area contributed by atoms with E-state index in [1.54, 1.807) is 0 Å². The van der Waals surface area contributed by atoms with E-state index in [9.17, 15) is 9.59 Å². The summed E-state index contributed by atoms with van der Waals surface area (Å²) in [4.78, 5) is 24.8. The van der Waals surface area contributed by atoms with Crippen molar-refractivity contribution >= 4 is 17.6 Å². The van der Waals surface area contributed by atoms with Gasteiger partial charge >= 0.3 is 0 Å². The van der Waals surface area contributed by atoms with Gasteiger partial charge in [0.05, 0.1) is 12.3 Å². The molecule has 5 rings (SSSR count). The number of nitrogens with one attached hydrogen (secondary N) is 2. The summed E-state index contributed by atoms with van der Waals surface area (Å²) in [5, 5.41) is 17.5. The van der Waals surface area contributed by atoms with Crippen molar-refractivity contribution in [3.05, 3.63) is 41.6 Å². The van der Waals surface area contributed by atoms with Crippen LogP contribution in [-0.4, -0.2) is 51.6 Å². The Kier molecular flexibility index (Phi) is 7.94. The van der Waals surface area contributed by atoms with Crippen LogP contribution in [0.5, 0.6) is 5.75 Å². The van der Waals surface area contributed by atoms with Crippen molar-refractivity contribution in [2.75, 3.05) is 18.4 Å². The highest BCUT2D eigenvalue weighted by molar-refractivity contribution is 6.02. The summed E-state index contributed by atoms with van der Waals surface area (Å²) in [6.07, 6.45) is 8.76. The molecule has 0 radical (unpaired) electrons. The molecule has 0 spiro atoms. The van der Waals surface area contributed by atoms with Crippen molar-refractivity contribution in [2.24, 2.45) is 17.6 Å². The molecule has 2 amide bonds. The Morgan fingerprint density at radius 3 is 2.44 bits per heavy atom. The molecule has 2 heterocycles. The minimum Gasteiger partial charge on any atom is -0.485 e. The lowest BCUT2D eigenvalue weighted by molar-refractivity contribution is -0.117. The fourth-order valence-electron chi connectivity index (χ4n) is 5.01. The number of anilines is 1. The van der Waals surface area contributed by atoms with Gasteiger partial charge in [-0.3, -0.25) is 19.6 Å². The number of ether oxygens (including phenoxy) is 1. The van der Waals surface area contributed by atoms with Gasteiger partial charge in [-0.15, -0.1) is 0 Å². The van der Waals surface area contributed by atoms with E-state index in [0.717, 1.165) is 38.1 Å². The molecule has 2 aromatic rings. The van der Waals surface area contributed by atoms with E-state index in [2.05, 4.69) is 64.6 Å². The zero-order chi connectivity index (χ0) is 25.7. The first kappa shape index (κ1) is 25.7. The Morgan fingerprint density at radius 1 is 1.19 bits per heavy atom. The molecule has 3 aliphatic rings. The minimum absolute atomic E-state index is 0.0429. The van der Waals surface area contributed by atoms with Crippen molar-refractivity contribution in [2.45, 2.75) is 70.4 Å². The first-order valence-corrected chi connectivity index (χ1v) is 12.8. The average Bonchev–Trinajstić information content (AvgIpc) is 3.59. The van der Waals surface area contributed by atoms with Crippen molar-refractivity contribution in [3.8, 4) is 11.8 Å². The van der Waals surface area contributed by atoms with Gasteiger partial charge in [0.25, 0.3) is 5.91 Å². The Morgan fingerprint density at radius 2 is 1.86 bits per heavy atom. The molecule has 2 saturated carbocycles. The topological polar surface area (TPSA) is 137 Å². The van der Waals surface area contributed by atoms with Gasteiger partial charge in [0, 0.05) is 31.5 Å². The summed E-state index contributed by atoms with van der Waals surface area (Å²) in [7, 11) is 0. The van der Waals surface area contributed by atoms with Gasteiger partial charge in [-0.25, -0.2) is 0 Å². The monoisotopic (exact) mass is 492 g/mol. The Hall–Kier alpha value is -3.38. The van der Waals surface area contributed by atoms with Crippen LogP contribution in [0.25, 0.3) is 0 Å². The molecule has 9 nitrogen and oxygen atoms in total. The van der Waals surface area contributed by atoms with Gasteiger partial charge in [-0.1, -0.05) is 17.7 Å². The fraction of sp³-hybridized carbons (Fsp3) is 0.556. The maximum atomic E-state index is 11.3. The lowest BCUT2D eigenvalue weighted by atomic mass is 9.81. The number of carbonyl (C=O) groups excluding carboxylic acids is 2. The second-order valence-corrected chi connectivity index (χ2v) is 10.6. The van der Waals surface area contributed by atoms with Crippen molar-refractivity contribution in [1.29, 1.82) is 5.26 Å². The van der Waals surface area contributed by atoms with Crippen LogP contribution in [0.1, 0.15) is 67.8 Å². The Balaban J connectivity index is 0.000000187. The predicted molar refractivity (Wildman–Crippen MR) is 136 cm³/mol. The summed E-state index contributed by atoms with van der Waals surface area (Å²) in [6, 6.07) is 11.4. The number of hydrogen-bond donors (Lipinski definition) is 3. The number of likely N-dealkylation sites (tertiary alicyclic amines) is 1. The number of H-pyrrole nitrogens is 1. The van der Waals surface area contributed by atoms with Crippen LogP contribution in [0.15, 0.2) is 30.5 Å². The van der Waals surface area contributed by atoms with E-state index in [1.807, 2.05) is 0 Å². The summed E-state index contributed by atoms with van der Waals surface area (Å²) < 4.78 is 6.19. The molecule has 1 aromatic heterocycles. The number of nitrogens with two attached hydrogens (primary N) is 1. The molecule has 0 bridgehead atoms. The summed E-state index contributed by atoms with van der Waals surface area (Å²) in [5.41, 5.74) is 6.51. The van der Waals surface area contributed by atoms with Crippen LogP contribution in [0.2, 0.25) is 0 Å². The number of hydrogen-bond acceptors (Lipinski definition) is 6. The zero-order valence-electron chi connectivity index (χ0n) is 21.1. The van der Waals surface area contributed by atoms with Gasteiger partial charge in [0.1, 0.15) is 22.7 Å². The van der Waals surface area contributed by atoms with Crippen LogP contribution in [0.3, 0.4) is 0 Å². The molecule has 2 aliphatic carbocycles. The number of aryl methyl sites for hydroxylation is 1. The smallest absolute Gasteiger partial charge is 0.254 e. The van der Waals surface area contributed by atoms with Gasteiger partial charge < -0.3 is 15.8 Å². The second-order valence-electron chi connectivity index (χ2n) is 10.6. The molecule has 1 saturated heterocycles. The molecular formula is C27H36N6O3.